The summed E-state index contributed by atoms with van der Waals surface area (Å²) < 4.78 is 26.0. The van der Waals surface area contributed by atoms with E-state index in [1.54, 1.807) is 0 Å². The van der Waals surface area contributed by atoms with Crippen LogP contribution >= 0.6 is 0 Å². The van der Waals surface area contributed by atoms with E-state index in [0.717, 1.165) is 31.7 Å². The third kappa shape index (κ3) is 2.11. The van der Waals surface area contributed by atoms with Gasteiger partial charge in [0.1, 0.15) is 5.69 Å². The molecule has 2 rings (SSSR count). The van der Waals surface area contributed by atoms with E-state index in [4.69, 9.17) is 0 Å². The molecule has 1 aliphatic carbocycles. The van der Waals surface area contributed by atoms with Crippen LogP contribution in [0.1, 0.15) is 50.3 Å². The second-order valence-corrected chi connectivity index (χ2v) is 4.01. The first-order valence-corrected chi connectivity index (χ1v) is 5.28. The lowest BCUT2D eigenvalue weighted by molar-refractivity contribution is 0.144. The SMILES string of the molecule is O=c1cc(C(F)F)[nH]n1C1CCCCC1. The van der Waals surface area contributed by atoms with E-state index >= 15 is 0 Å². The van der Waals surface area contributed by atoms with Gasteiger partial charge in [0.05, 0.1) is 6.04 Å². The first kappa shape index (κ1) is 10.4. The van der Waals surface area contributed by atoms with Gasteiger partial charge in [0.25, 0.3) is 12.0 Å². The summed E-state index contributed by atoms with van der Waals surface area (Å²) in [5.74, 6) is 0. The summed E-state index contributed by atoms with van der Waals surface area (Å²) >= 11 is 0. The minimum absolute atomic E-state index is 0.0822. The van der Waals surface area contributed by atoms with E-state index in [1.807, 2.05) is 0 Å². The molecule has 1 aromatic heterocycles. The minimum Gasteiger partial charge on any atom is -0.294 e. The maximum atomic E-state index is 12.3. The summed E-state index contributed by atoms with van der Waals surface area (Å²) in [6.45, 7) is 0. The van der Waals surface area contributed by atoms with Crippen LogP contribution in [0.5, 0.6) is 0 Å². The second kappa shape index (κ2) is 4.16. The second-order valence-electron chi connectivity index (χ2n) is 4.01. The van der Waals surface area contributed by atoms with Crippen molar-refractivity contribution in [2.24, 2.45) is 0 Å². The van der Waals surface area contributed by atoms with Crippen LogP contribution in [0, 0.1) is 0 Å². The number of aromatic nitrogens is 2. The number of rotatable bonds is 2. The molecular weight excluding hydrogens is 202 g/mol. The van der Waals surface area contributed by atoms with Crippen molar-refractivity contribution in [3.05, 3.63) is 22.1 Å². The van der Waals surface area contributed by atoms with Crippen molar-refractivity contribution < 1.29 is 8.78 Å². The van der Waals surface area contributed by atoms with Crippen molar-refractivity contribution in [3.8, 4) is 0 Å². The molecule has 1 heterocycles. The topological polar surface area (TPSA) is 37.8 Å². The number of alkyl halides is 2. The molecule has 1 aliphatic rings. The van der Waals surface area contributed by atoms with Gasteiger partial charge in [-0.1, -0.05) is 19.3 Å². The highest BCUT2D eigenvalue weighted by atomic mass is 19.3. The molecule has 0 saturated heterocycles. The lowest BCUT2D eigenvalue weighted by Crippen LogP contribution is -2.23. The van der Waals surface area contributed by atoms with Crippen molar-refractivity contribution in [1.29, 1.82) is 0 Å². The Kier molecular flexibility index (Phi) is 2.88. The van der Waals surface area contributed by atoms with Crippen LogP contribution in [0.3, 0.4) is 0 Å². The Hall–Kier alpha value is -1.13. The number of halogens is 2. The van der Waals surface area contributed by atoms with Gasteiger partial charge < -0.3 is 0 Å². The first-order valence-electron chi connectivity index (χ1n) is 5.28. The number of hydrogen-bond donors (Lipinski definition) is 1. The number of nitrogens with zero attached hydrogens (tertiary/aromatic N) is 1. The van der Waals surface area contributed by atoms with Crippen LogP contribution in [0.4, 0.5) is 8.78 Å². The summed E-state index contributed by atoms with van der Waals surface area (Å²) in [6, 6.07) is 1.08. The molecule has 0 atom stereocenters. The smallest absolute Gasteiger partial charge is 0.279 e. The summed E-state index contributed by atoms with van der Waals surface area (Å²) in [7, 11) is 0. The predicted molar refractivity (Wildman–Crippen MR) is 52.1 cm³/mol. The van der Waals surface area contributed by atoms with Crippen molar-refractivity contribution in [1.82, 2.24) is 9.78 Å². The monoisotopic (exact) mass is 216 g/mol. The summed E-state index contributed by atoms with van der Waals surface area (Å²) in [6.07, 6.45) is 2.53. The van der Waals surface area contributed by atoms with Gasteiger partial charge in [-0.3, -0.25) is 9.89 Å². The van der Waals surface area contributed by atoms with Crippen molar-refractivity contribution in [2.75, 3.05) is 0 Å². The molecule has 3 nitrogen and oxygen atoms in total. The quantitative estimate of drug-likeness (QED) is 0.810. The van der Waals surface area contributed by atoms with E-state index in [1.165, 1.54) is 11.1 Å². The fraction of sp³-hybridized carbons (Fsp3) is 0.700. The van der Waals surface area contributed by atoms with E-state index in [-0.39, 0.29) is 17.3 Å². The van der Waals surface area contributed by atoms with Crippen LogP contribution in [-0.4, -0.2) is 9.78 Å². The molecule has 84 valence electrons. The molecule has 1 fully saturated rings. The van der Waals surface area contributed by atoms with Gasteiger partial charge >= 0.3 is 0 Å². The molecule has 15 heavy (non-hydrogen) atoms. The first-order chi connectivity index (χ1) is 7.18. The molecule has 0 radical (unpaired) electrons. The van der Waals surface area contributed by atoms with Gasteiger partial charge in [-0.25, -0.2) is 13.5 Å². The zero-order chi connectivity index (χ0) is 10.8. The highest BCUT2D eigenvalue weighted by Gasteiger charge is 2.20. The molecule has 1 N–H and O–H groups in total. The maximum Gasteiger partial charge on any atom is 0.279 e. The third-order valence-electron chi connectivity index (χ3n) is 2.94. The largest absolute Gasteiger partial charge is 0.294 e. The Balaban J connectivity index is 2.23. The number of aromatic amines is 1. The van der Waals surface area contributed by atoms with E-state index in [2.05, 4.69) is 5.10 Å². The third-order valence-corrected chi connectivity index (χ3v) is 2.94. The average Bonchev–Trinajstić information content (AvgIpc) is 2.62. The molecule has 1 saturated carbocycles. The zero-order valence-electron chi connectivity index (χ0n) is 8.38. The molecule has 5 heteroatoms. The van der Waals surface area contributed by atoms with Crippen LogP contribution < -0.4 is 5.56 Å². The van der Waals surface area contributed by atoms with Crippen molar-refractivity contribution in [2.45, 2.75) is 44.6 Å². The molecule has 0 bridgehead atoms. The van der Waals surface area contributed by atoms with Gasteiger partial charge in [-0.15, -0.1) is 0 Å². The van der Waals surface area contributed by atoms with Crippen LogP contribution in [-0.2, 0) is 0 Å². The molecule has 0 amide bonds. The Morgan fingerprint density at radius 2 is 2.00 bits per heavy atom. The Bertz CT molecular complexity index is 377. The van der Waals surface area contributed by atoms with Crippen LogP contribution in [0.2, 0.25) is 0 Å². The molecule has 0 spiro atoms. The zero-order valence-corrected chi connectivity index (χ0v) is 8.38. The van der Waals surface area contributed by atoms with Gasteiger partial charge in [-0.05, 0) is 12.8 Å². The predicted octanol–water partition coefficient (Wildman–Crippen LogP) is 2.62. The average molecular weight is 216 g/mol. The Morgan fingerprint density at radius 1 is 1.33 bits per heavy atom. The lowest BCUT2D eigenvalue weighted by Gasteiger charge is -2.21. The highest BCUT2D eigenvalue weighted by Crippen LogP contribution is 2.27. The van der Waals surface area contributed by atoms with Gasteiger partial charge in [0.15, 0.2) is 0 Å². The number of hydrogen-bond acceptors (Lipinski definition) is 1. The van der Waals surface area contributed by atoms with E-state index in [9.17, 15) is 13.6 Å². The number of H-pyrrole nitrogens is 1. The summed E-state index contributed by atoms with van der Waals surface area (Å²) in [4.78, 5) is 11.4. The van der Waals surface area contributed by atoms with Crippen molar-refractivity contribution in [3.63, 3.8) is 0 Å². The normalized spacial score (nSPS) is 18.6. The molecule has 0 aliphatic heterocycles. The summed E-state index contributed by atoms with van der Waals surface area (Å²) in [5.41, 5.74) is -0.609. The minimum atomic E-state index is -2.59. The Labute approximate surface area is 86.1 Å². The van der Waals surface area contributed by atoms with Gasteiger partial charge in [-0.2, -0.15) is 0 Å². The number of nitrogens with one attached hydrogen (secondary N) is 1. The van der Waals surface area contributed by atoms with E-state index in [0.29, 0.717) is 0 Å². The Morgan fingerprint density at radius 3 is 2.53 bits per heavy atom. The fourth-order valence-corrected chi connectivity index (χ4v) is 2.15. The lowest BCUT2D eigenvalue weighted by atomic mass is 9.96. The van der Waals surface area contributed by atoms with Gasteiger partial charge in [0, 0.05) is 6.07 Å². The van der Waals surface area contributed by atoms with Crippen LogP contribution in [0.15, 0.2) is 10.9 Å². The molecule has 0 aromatic carbocycles. The fourth-order valence-electron chi connectivity index (χ4n) is 2.15. The maximum absolute atomic E-state index is 12.3. The standard InChI is InChI=1S/C10H14F2N2O/c11-10(12)8-6-9(15)14(13-8)7-4-2-1-3-5-7/h6-7,10,13H,1-5H2. The van der Waals surface area contributed by atoms with Crippen LogP contribution in [0.25, 0.3) is 0 Å². The molecule has 0 unspecified atom stereocenters. The van der Waals surface area contributed by atoms with E-state index < -0.39 is 6.43 Å². The highest BCUT2D eigenvalue weighted by molar-refractivity contribution is 5.01. The van der Waals surface area contributed by atoms with Crippen molar-refractivity contribution >= 4 is 0 Å². The molecule has 1 aromatic rings. The van der Waals surface area contributed by atoms with Gasteiger partial charge in [0.2, 0.25) is 0 Å². The molecular formula is C10H14F2N2O. The summed E-state index contributed by atoms with van der Waals surface area (Å²) in [5, 5.41) is 2.50.